The molecule has 0 aliphatic carbocycles. The Morgan fingerprint density at radius 3 is 2.58 bits per heavy atom. The fourth-order valence-electron chi connectivity index (χ4n) is 0.782. The molecule has 0 fully saturated rings. The summed E-state index contributed by atoms with van der Waals surface area (Å²) in [5.74, 6) is 0. The molecule has 0 saturated heterocycles. The van der Waals surface area contributed by atoms with Gasteiger partial charge >= 0.3 is 0 Å². The third kappa shape index (κ3) is 2.71. The Morgan fingerprint density at radius 2 is 2.25 bits per heavy atom. The summed E-state index contributed by atoms with van der Waals surface area (Å²) in [4.78, 5) is 1.15. The van der Waals surface area contributed by atoms with Crippen LogP contribution >= 0.6 is 39.7 Å². The molecule has 12 heavy (non-hydrogen) atoms. The average Bonchev–Trinajstić information content (AvgIpc) is 2.31. The Kier molecular flexibility index (Phi) is 5.36. The molecule has 0 spiro atoms. The molecule has 0 unspecified atom stereocenters. The van der Waals surface area contributed by atoms with Crippen molar-refractivity contribution in [2.75, 3.05) is 6.54 Å². The van der Waals surface area contributed by atoms with Crippen molar-refractivity contribution in [3.05, 3.63) is 20.3 Å². The summed E-state index contributed by atoms with van der Waals surface area (Å²) < 4.78 is 1.15. The third-order valence-corrected chi connectivity index (χ3v) is 3.76. The number of aryl methyl sites for hydroxylation is 1. The van der Waals surface area contributed by atoms with Gasteiger partial charge in [0.15, 0.2) is 0 Å². The number of hydrogen-bond donors (Lipinski definition) is 2. The number of hydrogen-bond acceptors (Lipinski definition) is 3. The van der Waals surface area contributed by atoms with Gasteiger partial charge in [-0.25, -0.2) is 0 Å². The van der Waals surface area contributed by atoms with Crippen LogP contribution in [0.25, 0.3) is 0 Å². The van der Waals surface area contributed by atoms with Gasteiger partial charge in [-0.1, -0.05) is 0 Å². The lowest BCUT2D eigenvalue weighted by Crippen LogP contribution is -2.19. The molecule has 0 amide bonds. The van der Waals surface area contributed by atoms with Gasteiger partial charge in [0.05, 0.1) is 9.83 Å². The fourth-order valence-corrected chi connectivity index (χ4v) is 2.37. The molecule has 1 rings (SSSR count). The fraction of sp³-hybridized carbons (Fsp3) is 0.429. The molecule has 0 aromatic carbocycles. The largest absolute Gasteiger partial charge is 0.329 e. The van der Waals surface area contributed by atoms with Crippen LogP contribution in [0.15, 0.2) is 9.85 Å². The highest BCUT2D eigenvalue weighted by atomic mass is 79.9. The van der Waals surface area contributed by atoms with Crippen molar-refractivity contribution in [2.45, 2.75) is 13.0 Å². The first-order chi connectivity index (χ1) is 5.15. The van der Waals surface area contributed by atoms with Crippen LogP contribution in [0.4, 0.5) is 0 Å². The maximum absolute atomic E-state index is 5.74. The molecule has 0 saturated carbocycles. The predicted molar refractivity (Wildman–Crippen MR) is 60.0 cm³/mol. The molecule has 0 bridgehead atoms. The van der Waals surface area contributed by atoms with Gasteiger partial charge < -0.3 is 11.5 Å². The monoisotopic (exact) mass is 270 g/mol. The first kappa shape index (κ1) is 12.4. The van der Waals surface area contributed by atoms with Gasteiger partial charge in [0.1, 0.15) is 0 Å². The van der Waals surface area contributed by atoms with E-state index in [1.165, 1.54) is 5.56 Å². The van der Waals surface area contributed by atoms with E-state index in [0.29, 0.717) is 6.54 Å². The lowest BCUT2D eigenvalue weighted by Gasteiger charge is -2.03. The summed E-state index contributed by atoms with van der Waals surface area (Å²) in [6, 6.07) is 2.07. The summed E-state index contributed by atoms with van der Waals surface area (Å²) in [5, 5.41) is 0. The topological polar surface area (TPSA) is 52.0 Å². The minimum absolute atomic E-state index is 0. The van der Waals surface area contributed by atoms with Crippen molar-refractivity contribution in [3.8, 4) is 0 Å². The number of nitrogens with two attached hydrogens (primary N) is 2. The quantitative estimate of drug-likeness (QED) is 0.866. The van der Waals surface area contributed by atoms with Gasteiger partial charge in [-0.05, 0) is 34.5 Å². The van der Waals surface area contributed by atoms with Crippen LogP contribution < -0.4 is 11.5 Å². The van der Waals surface area contributed by atoms with E-state index in [-0.39, 0.29) is 18.4 Å². The minimum atomic E-state index is -0.00926. The van der Waals surface area contributed by atoms with Crippen LogP contribution in [-0.2, 0) is 0 Å². The van der Waals surface area contributed by atoms with Crippen LogP contribution in [0.1, 0.15) is 16.5 Å². The molecule has 1 atom stereocenters. The van der Waals surface area contributed by atoms with Crippen LogP contribution in [0, 0.1) is 6.92 Å². The van der Waals surface area contributed by atoms with E-state index in [0.717, 1.165) is 8.66 Å². The first-order valence-electron chi connectivity index (χ1n) is 3.36. The van der Waals surface area contributed by atoms with Crippen LogP contribution in [0.5, 0.6) is 0 Å². The first-order valence-corrected chi connectivity index (χ1v) is 4.97. The second kappa shape index (κ2) is 5.19. The van der Waals surface area contributed by atoms with Crippen LogP contribution in [0.2, 0.25) is 0 Å². The zero-order chi connectivity index (χ0) is 8.43. The Hall–Kier alpha value is 0.390. The molecule has 2 nitrogen and oxygen atoms in total. The Labute approximate surface area is 90.9 Å². The molecule has 0 aliphatic heterocycles. The Bertz CT molecular complexity index is 232. The van der Waals surface area contributed by atoms with E-state index in [9.17, 15) is 0 Å². The van der Waals surface area contributed by atoms with E-state index in [2.05, 4.69) is 22.0 Å². The van der Waals surface area contributed by atoms with Crippen molar-refractivity contribution in [3.63, 3.8) is 0 Å². The highest BCUT2D eigenvalue weighted by Gasteiger charge is 2.08. The van der Waals surface area contributed by atoms with Crippen molar-refractivity contribution >= 4 is 39.7 Å². The molecule has 5 heteroatoms. The molecule has 1 heterocycles. The molecule has 1 aromatic heterocycles. The second-order valence-corrected chi connectivity index (χ2v) is 4.85. The number of halogens is 2. The van der Waals surface area contributed by atoms with E-state index in [4.69, 9.17) is 11.5 Å². The van der Waals surface area contributed by atoms with Crippen LogP contribution in [0.3, 0.4) is 0 Å². The SMILES string of the molecule is Cc1cc([C@@H](N)CN)sc1Br.Cl. The second-order valence-electron chi connectivity index (χ2n) is 2.45. The summed E-state index contributed by atoms with van der Waals surface area (Å²) >= 11 is 5.09. The smallest absolute Gasteiger partial charge is 0.0731 e. The van der Waals surface area contributed by atoms with E-state index in [1.54, 1.807) is 11.3 Å². The summed E-state index contributed by atoms with van der Waals surface area (Å²) in [5.41, 5.74) is 12.4. The van der Waals surface area contributed by atoms with E-state index < -0.39 is 0 Å². The standard InChI is InChI=1S/C7H11BrN2S.ClH/c1-4-2-6(5(10)3-9)11-7(4)8;/h2,5H,3,9-10H2,1H3;1H/t5-;/m0./s1. The van der Waals surface area contributed by atoms with E-state index in [1.807, 2.05) is 6.92 Å². The minimum Gasteiger partial charge on any atom is -0.329 e. The summed E-state index contributed by atoms with van der Waals surface area (Å²) in [6.07, 6.45) is 0. The van der Waals surface area contributed by atoms with Gasteiger partial charge in [0.2, 0.25) is 0 Å². The van der Waals surface area contributed by atoms with Crippen molar-refractivity contribution in [1.82, 2.24) is 0 Å². The molecule has 0 radical (unpaired) electrons. The van der Waals surface area contributed by atoms with Gasteiger partial charge in [-0.15, -0.1) is 23.7 Å². The van der Waals surface area contributed by atoms with E-state index >= 15 is 0 Å². The zero-order valence-corrected chi connectivity index (χ0v) is 9.93. The Balaban J connectivity index is 0.00000121. The molecule has 70 valence electrons. The molecule has 1 aromatic rings. The maximum atomic E-state index is 5.74. The highest BCUT2D eigenvalue weighted by Crippen LogP contribution is 2.29. The lowest BCUT2D eigenvalue weighted by molar-refractivity contribution is 0.751. The average molecular weight is 272 g/mol. The predicted octanol–water partition coefficient (Wildman–Crippen LogP) is 2.20. The van der Waals surface area contributed by atoms with Crippen molar-refractivity contribution in [1.29, 1.82) is 0 Å². The molecular weight excluding hydrogens is 260 g/mol. The number of thiophene rings is 1. The molecular formula is C7H12BrClN2S. The van der Waals surface area contributed by atoms with Crippen molar-refractivity contribution in [2.24, 2.45) is 11.5 Å². The number of rotatable bonds is 2. The summed E-state index contributed by atoms with van der Waals surface area (Å²) in [7, 11) is 0. The zero-order valence-electron chi connectivity index (χ0n) is 6.71. The normalized spacial score (nSPS) is 12.3. The maximum Gasteiger partial charge on any atom is 0.0731 e. The van der Waals surface area contributed by atoms with Gasteiger partial charge in [-0.2, -0.15) is 0 Å². The summed E-state index contributed by atoms with van der Waals surface area (Å²) in [6.45, 7) is 2.56. The van der Waals surface area contributed by atoms with Gasteiger partial charge in [0, 0.05) is 11.4 Å². The third-order valence-electron chi connectivity index (χ3n) is 1.50. The lowest BCUT2D eigenvalue weighted by atomic mass is 10.2. The Morgan fingerprint density at radius 1 is 1.67 bits per heavy atom. The van der Waals surface area contributed by atoms with Gasteiger partial charge in [-0.3, -0.25) is 0 Å². The van der Waals surface area contributed by atoms with Crippen LogP contribution in [-0.4, -0.2) is 6.54 Å². The van der Waals surface area contributed by atoms with Crippen molar-refractivity contribution < 1.29 is 0 Å². The highest BCUT2D eigenvalue weighted by molar-refractivity contribution is 9.11. The molecule has 0 aliphatic rings. The van der Waals surface area contributed by atoms with Gasteiger partial charge in [0.25, 0.3) is 0 Å². The molecule has 4 N–H and O–H groups in total.